The molecule has 0 aromatic heterocycles. The molecule has 1 fully saturated rings. The standard InChI is InChI=1S/C15H21NO3/c1-10-7-8-16(11(2)9-10)15(18)12-5-4-6-13(19-3)14(12)17/h4-6,10-11,17H,7-9H2,1-3H3. The first-order valence-corrected chi connectivity index (χ1v) is 6.71. The normalized spacial score (nSPS) is 23.2. The molecule has 0 radical (unpaired) electrons. The van der Waals surface area contributed by atoms with Crippen LogP contribution in [0.1, 0.15) is 37.0 Å². The molecule has 1 amide bonds. The molecule has 2 unspecified atom stereocenters. The van der Waals surface area contributed by atoms with E-state index < -0.39 is 0 Å². The van der Waals surface area contributed by atoms with Crippen molar-refractivity contribution in [3.63, 3.8) is 0 Å². The maximum absolute atomic E-state index is 12.5. The third kappa shape index (κ3) is 2.67. The predicted molar refractivity (Wildman–Crippen MR) is 73.6 cm³/mol. The Hall–Kier alpha value is -1.71. The van der Waals surface area contributed by atoms with Crippen molar-refractivity contribution in [3.05, 3.63) is 23.8 Å². The topological polar surface area (TPSA) is 49.8 Å². The quantitative estimate of drug-likeness (QED) is 0.892. The zero-order chi connectivity index (χ0) is 14.0. The number of carbonyl (C=O) groups is 1. The van der Waals surface area contributed by atoms with Crippen LogP contribution < -0.4 is 4.74 Å². The Labute approximate surface area is 114 Å². The molecule has 0 bridgehead atoms. The van der Waals surface area contributed by atoms with Crippen molar-refractivity contribution >= 4 is 5.91 Å². The average molecular weight is 263 g/mol. The number of amides is 1. The van der Waals surface area contributed by atoms with E-state index in [-0.39, 0.29) is 17.7 Å². The molecule has 2 atom stereocenters. The lowest BCUT2D eigenvalue weighted by Gasteiger charge is -2.36. The van der Waals surface area contributed by atoms with Crippen LogP contribution in [0, 0.1) is 5.92 Å². The van der Waals surface area contributed by atoms with Crippen molar-refractivity contribution < 1.29 is 14.6 Å². The lowest BCUT2D eigenvalue weighted by Crippen LogP contribution is -2.44. The average Bonchev–Trinajstić information content (AvgIpc) is 2.38. The second kappa shape index (κ2) is 5.51. The van der Waals surface area contributed by atoms with Crippen molar-refractivity contribution in [1.29, 1.82) is 0 Å². The van der Waals surface area contributed by atoms with Crippen molar-refractivity contribution in [3.8, 4) is 11.5 Å². The molecular weight excluding hydrogens is 242 g/mol. The minimum Gasteiger partial charge on any atom is -0.504 e. The Morgan fingerprint density at radius 2 is 2.16 bits per heavy atom. The van der Waals surface area contributed by atoms with Gasteiger partial charge in [0.1, 0.15) is 0 Å². The summed E-state index contributed by atoms with van der Waals surface area (Å²) >= 11 is 0. The van der Waals surface area contributed by atoms with Gasteiger partial charge in [0, 0.05) is 12.6 Å². The highest BCUT2D eigenvalue weighted by Crippen LogP contribution is 2.32. The molecule has 19 heavy (non-hydrogen) atoms. The van der Waals surface area contributed by atoms with Crippen LogP contribution in [0.2, 0.25) is 0 Å². The molecule has 1 aliphatic heterocycles. The summed E-state index contributed by atoms with van der Waals surface area (Å²) in [6.45, 7) is 5.02. The number of aromatic hydroxyl groups is 1. The minimum absolute atomic E-state index is 0.0687. The van der Waals surface area contributed by atoms with Crippen LogP contribution in [-0.4, -0.2) is 35.6 Å². The van der Waals surface area contributed by atoms with E-state index in [1.807, 2.05) is 4.90 Å². The van der Waals surface area contributed by atoms with Crippen LogP contribution in [0.25, 0.3) is 0 Å². The lowest BCUT2D eigenvalue weighted by molar-refractivity contribution is 0.0585. The van der Waals surface area contributed by atoms with E-state index in [4.69, 9.17) is 4.74 Å². The summed E-state index contributed by atoms with van der Waals surface area (Å²) in [4.78, 5) is 14.4. The van der Waals surface area contributed by atoms with E-state index in [1.165, 1.54) is 7.11 Å². The van der Waals surface area contributed by atoms with Gasteiger partial charge in [-0.2, -0.15) is 0 Å². The molecule has 1 aliphatic rings. The molecule has 1 heterocycles. The molecule has 1 aromatic carbocycles. The van der Waals surface area contributed by atoms with Crippen LogP contribution >= 0.6 is 0 Å². The first kappa shape index (κ1) is 13.7. The molecule has 1 N–H and O–H groups in total. The van der Waals surface area contributed by atoms with Gasteiger partial charge in [-0.3, -0.25) is 4.79 Å². The number of likely N-dealkylation sites (tertiary alicyclic amines) is 1. The van der Waals surface area contributed by atoms with E-state index in [2.05, 4.69) is 13.8 Å². The first-order valence-electron chi connectivity index (χ1n) is 6.71. The van der Waals surface area contributed by atoms with Crippen LogP contribution in [0.3, 0.4) is 0 Å². The van der Waals surface area contributed by atoms with Crippen molar-refractivity contribution in [1.82, 2.24) is 4.90 Å². The lowest BCUT2D eigenvalue weighted by atomic mass is 9.93. The third-order valence-electron chi connectivity index (χ3n) is 3.85. The van der Waals surface area contributed by atoms with E-state index in [0.717, 1.165) is 19.4 Å². The van der Waals surface area contributed by atoms with Crippen LogP contribution in [0.4, 0.5) is 0 Å². The molecule has 1 saturated heterocycles. The Balaban J connectivity index is 2.24. The molecule has 0 saturated carbocycles. The molecule has 2 rings (SSSR count). The smallest absolute Gasteiger partial charge is 0.257 e. The van der Waals surface area contributed by atoms with E-state index in [9.17, 15) is 9.90 Å². The summed E-state index contributed by atoms with van der Waals surface area (Å²) in [5.74, 6) is 0.804. The van der Waals surface area contributed by atoms with E-state index in [1.54, 1.807) is 18.2 Å². The highest BCUT2D eigenvalue weighted by atomic mass is 16.5. The maximum Gasteiger partial charge on any atom is 0.257 e. The van der Waals surface area contributed by atoms with Gasteiger partial charge in [0.15, 0.2) is 11.5 Å². The van der Waals surface area contributed by atoms with Crippen LogP contribution in [-0.2, 0) is 0 Å². The van der Waals surface area contributed by atoms with Gasteiger partial charge in [0.25, 0.3) is 5.91 Å². The van der Waals surface area contributed by atoms with Gasteiger partial charge >= 0.3 is 0 Å². The summed E-state index contributed by atoms with van der Waals surface area (Å²) in [5, 5.41) is 10.1. The van der Waals surface area contributed by atoms with Gasteiger partial charge in [-0.25, -0.2) is 0 Å². The number of phenols is 1. The Kier molecular flexibility index (Phi) is 3.98. The van der Waals surface area contributed by atoms with Gasteiger partial charge in [0.05, 0.1) is 12.7 Å². The highest BCUT2D eigenvalue weighted by Gasteiger charge is 2.29. The molecule has 0 aliphatic carbocycles. The number of ether oxygens (including phenoxy) is 1. The van der Waals surface area contributed by atoms with Gasteiger partial charge in [-0.1, -0.05) is 13.0 Å². The second-order valence-electron chi connectivity index (χ2n) is 5.33. The van der Waals surface area contributed by atoms with Crippen molar-refractivity contribution in [2.24, 2.45) is 5.92 Å². The maximum atomic E-state index is 12.5. The Bertz CT molecular complexity index is 472. The number of methoxy groups -OCH3 is 1. The fourth-order valence-electron chi connectivity index (χ4n) is 2.72. The fourth-order valence-corrected chi connectivity index (χ4v) is 2.72. The van der Waals surface area contributed by atoms with Crippen LogP contribution in [0.15, 0.2) is 18.2 Å². The second-order valence-corrected chi connectivity index (χ2v) is 5.33. The fraction of sp³-hybridized carbons (Fsp3) is 0.533. The summed E-state index contributed by atoms with van der Waals surface area (Å²) in [7, 11) is 1.48. The zero-order valence-electron chi connectivity index (χ0n) is 11.7. The van der Waals surface area contributed by atoms with Crippen molar-refractivity contribution in [2.75, 3.05) is 13.7 Å². The minimum atomic E-state index is -0.115. The highest BCUT2D eigenvalue weighted by molar-refractivity contribution is 5.97. The first-order chi connectivity index (χ1) is 9.04. The molecule has 104 valence electrons. The molecule has 4 nitrogen and oxygen atoms in total. The number of carbonyl (C=O) groups excluding carboxylic acids is 1. The summed E-state index contributed by atoms with van der Waals surface area (Å²) in [6, 6.07) is 5.23. The van der Waals surface area contributed by atoms with Gasteiger partial charge in [-0.15, -0.1) is 0 Å². The van der Waals surface area contributed by atoms with Gasteiger partial charge in [-0.05, 0) is 37.8 Å². The van der Waals surface area contributed by atoms with Crippen molar-refractivity contribution in [2.45, 2.75) is 32.7 Å². The number of hydrogen-bond donors (Lipinski definition) is 1. The number of piperidine rings is 1. The number of phenolic OH excluding ortho intramolecular Hbond substituents is 1. The van der Waals surface area contributed by atoms with Gasteiger partial charge in [0.2, 0.25) is 0 Å². The number of hydrogen-bond acceptors (Lipinski definition) is 3. The van der Waals surface area contributed by atoms with Gasteiger partial charge < -0.3 is 14.7 Å². The Morgan fingerprint density at radius 3 is 2.79 bits per heavy atom. The summed E-state index contributed by atoms with van der Waals surface area (Å²) < 4.78 is 5.05. The number of para-hydroxylation sites is 1. The molecular formula is C15H21NO3. The largest absolute Gasteiger partial charge is 0.504 e. The number of nitrogens with zero attached hydrogens (tertiary/aromatic N) is 1. The monoisotopic (exact) mass is 263 g/mol. The Morgan fingerprint density at radius 1 is 1.42 bits per heavy atom. The zero-order valence-corrected chi connectivity index (χ0v) is 11.7. The van der Waals surface area contributed by atoms with Crippen LogP contribution in [0.5, 0.6) is 11.5 Å². The molecule has 0 spiro atoms. The third-order valence-corrected chi connectivity index (χ3v) is 3.85. The van der Waals surface area contributed by atoms with E-state index >= 15 is 0 Å². The molecule has 4 heteroatoms. The predicted octanol–water partition coefficient (Wildman–Crippen LogP) is 2.66. The van der Waals surface area contributed by atoms with E-state index in [0.29, 0.717) is 17.2 Å². The molecule has 1 aromatic rings. The number of benzene rings is 1. The summed E-state index contributed by atoms with van der Waals surface area (Å²) in [6.07, 6.45) is 2.03. The number of rotatable bonds is 2. The summed E-state index contributed by atoms with van der Waals surface area (Å²) in [5.41, 5.74) is 0.320. The SMILES string of the molecule is COc1cccc(C(=O)N2CCC(C)CC2C)c1O.